The van der Waals surface area contributed by atoms with Crippen LogP contribution >= 0.6 is 0 Å². The zero-order valence-corrected chi connectivity index (χ0v) is 9.45. The molecule has 0 aliphatic heterocycles. The number of carbonyl (C=O) groups is 1. The van der Waals surface area contributed by atoms with Crippen molar-refractivity contribution in [2.75, 3.05) is 14.1 Å². The molecule has 0 atom stereocenters. The molecular weight excluding hydrogens is 224 g/mol. The van der Waals surface area contributed by atoms with Crippen LogP contribution in [0.2, 0.25) is 0 Å². The summed E-state index contributed by atoms with van der Waals surface area (Å²) in [7, 11) is 3.50. The summed E-state index contributed by atoms with van der Waals surface area (Å²) in [6.07, 6.45) is 2.81. The van der Waals surface area contributed by atoms with Gasteiger partial charge in [0.05, 0.1) is 16.6 Å². The average molecular weight is 236 g/mol. The van der Waals surface area contributed by atoms with Gasteiger partial charge in [-0.15, -0.1) is 0 Å². The Labute approximate surface area is 97.9 Å². The molecule has 0 spiro atoms. The lowest BCUT2D eigenvalue weighted by molar-refractivity contribution is -0.384. The monoisotopic (exact) mass is 236 g/mol. The number of hydrogen-bond acceptors (Lipinski definition) is 5. The molecule has 1 aromatic carbocycles. The van der Waals surface area contributed by atoms with Gasteiger partial charge in [0.2, 0.25) is 0 Å². The van der Waals surface area contributed by atoms with E-state index in [2.05, 4.69) is 0 Å². The maximum atomic E-state index is 11.6. The van der Waals surface area contributed by atoms with Crippen LogP contribution in [0.1, 0.15) is 10.4 Å². The predicted octanol–water partition coefficient (Wildman–Crippen LogP) is 1.56. The molecule has 0 radical (unpaired) electrons. The Morgan fingerprint density at radius 2 is 2.12 bits per heavy atom. The molecule has 17 heavy (non-hydrogen) atoms. The van der Waals surface area contributed by atoms with Crippen LogP contribution in [-0.4, -0.2) is 34.8 Å². The summed E-state index contributed by atoms with van der Waals surface area (Å²) in [6, 6.07) is 3.36. The van der Waals surface area contributed by atoms with Crippen LogP contribution in [0.5, 0.6) is 5.75 Å². The molecule has 6 nitrogen and oxygen atoms in total. The Kier molecular flexibility index (Phi) is 3.82. The Balaban J connectivity index is 3.00. The second-order valence-corrected chi connectivity index (χ2v) is 3.60. The number of hydrogen-bond donors (Lipinski definition) is 1. The van der Waals surface area contributed by atoms with Gasteiger partial charge in [-0.05, 0) is 6.07 Å². The molecule has 6 heteroatoms. The van der Waals surface area contributed by atoms with E-state index in [4.69, 9.17) is 0 Å². The lowest BCUT2D eigenvalue weighted by atomic mass is 10.1. The quantitative estimate of drug-likeness (QED) is 0.371. The van der Waals surface area contributed by atoms with E-state index in [0.717, 1.165) is 6.07 Å². The Morgan fingerprint density at radius 3 is 2.59 bits per heavy atom. The van der Waals surface area contributed by atoms with Crippen LogP contribution in [0.3, 0.4) is 0 Å². The van der Waals surface area contributed by atoms with Gasteiger partial charge in [0.15, 0.2) is 5.78 Å². The number of allylic oxidation sites excluding steroid dienone is 1. The lowest BCUT2D eigenvalue weighted by Gasteiger charge is -2.03. The van der Waals surface area contributed by atoms with Crippen molar-refractivity contribution in [1.29, 1.82) is 0 Å². The van der Waals surface area contributed by atoms with Gasteiger partial charge >= 0.3 is 0 Å². The van der Waals surface area contributed by atoms with Crippen molar-refractivity contribution >= 4 is 11.5 Å². The van der Waals surface area contributed by atoms with Crippen molar-refractivity contribution in [2.24, 2.45) is 0 Å². The normalized spacial score (nSPS) is 10.5. The minimum atomic E-state index is -0.635. The summed E-state index contributed by atoms with van der Waals surface area (Å²) in [5.41, 5.74) is -0.218. The van der Waals surface area contributed by atoms with Crippen molar-refractivity contribution in [3.05, 3.63) is 46.2 Å². The molecule has 1 N–H and O–H groups in total. The van der Waals surface area contributed by atoms with Gasteiger partial charge in [-0.25, -0.2) is 0 Å². The van der Waals surface area contributed by atoms with Gasteiger partial charge in [0, 0.05) is 32.4 Å². The van der Waals surface area contributed by atoms with Gasteiger partial charge in [0.25, 0.3) is 5.69 Å². The van der Waals surface area contributed by atoms with Crippen molar-refractivity contribution in [1.82, 2.24) is 4.90 Å². The number of nitrogens with zero attached hydrogens (tertiary/aromatic N) is 2. The van der Waals surface area contributed by atoms with Crippen molar-refractivity contribution in [2.45, 2.75) is 0 Å². The second kappa shape index (κ2) is 5.11. The summed E-state index contributed by atoms with van der Waals surface area (Å²) >= 11 is 0. The molecule has 0 saturated carbocycles. The summed E-state index contributed by atoms with van der Waals surface area (Å²) in [6.45, 7) is 0. The van der Waals surface area contributed by atoms with E-state index in [-0.39, 0.29) is 11.3 Å². The summed E-state index contributed by atoms with van der Waals surface area (Å²) in [5, 5.41) is 19.9. The molecule has 0 aliphatic rings. The van der Waals surface area contributed by atoms with Crippen molar-refractivity contribution < 1.29 is 14.8 Å². The number of nitro groups is 1. The number of rotatable bonds is 4. The number of aromatic hydroxyl groups is 1. The highest BCUT2D eigenvalue weighted by molar-refractivity contribution is 6.06. The number of non-ortho nitro benzene ring substituents is 1. The summed E-state index contributed by atoms with van der Waals surface area (Å²) < 4.78 is 0. The molecule has 1 rings (SSSR count). The fraction of sp³-hybridized carbons (Fsp3) is 0.182. The van der Waals surface area contributed by atoms with Crippen LogP contribution in [0.15, 0.2) is 30.5 Å². The van der Waals surface area contributed by atoms with Gasteiger partial charge in [-0.3, -0.25) is 14.9 Å². The van der Waals surface area contributed by atoms with Crippen LogP contribution < -0.4 is 0 Å². The maximum Gasteiger partial charge on any atom is 0.273 e. The van der Waals surface area contributed by atoms with E-state index in [1.807, 2.05) is 0 Å². The van der Waals surface area contributed by atoms with Crippen LogP contribution in [0, 0.1) is 10.1 Å². The molecule has 0 bridgehead atoms. The van der Waals surface area contributed by atoms with Crippen LogP contribution in [-0.2, 0) is 0 Å². The van der Waals surface area contributed by atoms with E-state index >= 15 is 0 Å². The average Bonchev–Trinajstić information content (AvgIpc) is 2.25. The number of phenolic OH excluding ortho intramolecular Hbond substituents is 1. The third-order valence-corrected chi connectivity index (χ3v) is 1.98. The van der Waals surface area contributed by atoms with Crippen molar-refractivity contribution in [3.8, 4) is 5.75 Å². The Bertz CT molecular complexity index is 480. The summed E-state index contributed by atoms with van der Waals surface area (Å²) in [4.78, 5) is 23.1. The molecular formula is C11H12N2O4. The Morgan fingerprint density at radius 1 is 1.47 bits per heavy atom. The third kappa shape index (κ3) is 3.30. The zero-order valence-electron chi connectivity index (χ0n) is 9.45. The first kappa shape index (κ1) is 12.7. The van der Waals surface area contributed by atoms with Gasteiger partial charge in [0.1, 0.15) is 5.75 Å². The topological polar surface area (TPSA) is 83.7 Å². The van der Waals surface area contributed by atoms with E-state index in [0.29, 0.717) is 0 Å². The van der Waals surface area contributed by atoms with E-state index in [1.165, 1.54) is 24.4 Å². The predicted molar refractivity (Wildman–Crippen MR) is 61.9 cm³/mol. The molecule has 0 heterocycles. The lowest BCUT2D eigenvalue weighted by Crippen LogP contribution is -2.03. The highest BCUT2D eigenvalue weighted by Crippen LogP contribution is 2.23. The number of phenols is 1. The zero-order chi connectivity index (χ0) is 13.0. The van der Waals surface area contributed by atoms with E-state index in [9.17, 15) is 20.0 Å². The van der Waals surface area contributed by atoms with E-state index < -0.39 is 16.5 Å². The largest absolute Gasteiger partial charge is 0.507 e. The standard InChI is InChI=1S/C11H12N2O4/c1-12(2)6-5-10(14)9-4-3-8(13(16)17)7-11(9)15/h3-7,15H,1-2H3/b6-5+. The number of nitro benzene ring substituents is 1. The molecule has 90 valence electrons. The van der Waals surface area contributed by atoms with Crippen LogP contribution in [0.4, 0.5) is 5.69 Å². The minimum absolute atomic E-state index is 0.0358. The third-order valence-electron chi connectivity index (χ3n) is 1.98. The van der Waals surface area contributed by atoms with Crippen LogP contribution in [0.25, 0.3) is 0 Å². The van der Waals surface area contributed by atoms with Gasteiger partial charge in [-0.2, -0.15) is 0 Å². The fourth-order valence-corrected chi connectivity index (χ4v) is 1.15. The minimum Gasteiger partial charge on any atom is -0.507 e. The molecule has 0 unspecified atom stereocenters. The van der Waals surface area contributed by atoms with Gasteiger partial charge in [-0.1, -0.05) is 0 Å². The van der Waals surface area contributed by atoms with Gasteiger partial charge < -0.3 is 10.0 Å². The fourth-order valence-electron chi connectivity index (χ4n) is 1.15. The molecule has 0 amide bonds. The molecule has 0 fully saturated rings. The number of benzene rings is 1. The van der Waals surface area contributed by atoms with Crippen molar-refractivity contribution in [3.63, 3.8) is 0 Å². The molecule has 0 aromatic heterocycles. The first-order chi connectivity index (χ1) is 7.91. The molecule has 0 saturated heterocycles. The Hall–Kier alpha value is -2.37. The molecule has 1 aromatic rings. The summed E-state index contributed by atoms with van der Waals surface area (Å²) in [5.74, 6) is -0.807. The highest BCUT2D eigenvalue weighted by Gasteiger charge is 2.13. The highest BCUT2D eigenvalue weighted by atomic mass is 16.6. The second-order valence-electron chi connectivity index (χ2n) is 3.60. The number of carbonyl (C=O) groups excluding carboxylic acids is 1. The SMILES string of the molecule is CN(C)/C=C/C(=O)c1ccc([N+](=O)[O-])cc1O. The first-order valence-electron chi connectivity index (χ1n) is 4.78. The molecule has 0 aliphatic carbocycles. The smallest absolute Gasteiger partial charge is 0.273 e. The first-order valence-corrected chi connectivity index (χ1v) is 4.78. The maximum absolute atomic E-state index is 11.6. The van der Waals surface area contributed by atoms with E-state index in [1.54, 1.807) is 19.0 Å². The number of ketones is 1.